The molecule has 1 aromatic rings. The maximum atomic E-state index is 12.4. The van der Waals surface area contributed by atoms with Crippen LogP contribution in [-0.2, 0) is 10.2 Å². The number of carboxylic acids is 1. The fourth-order valence-electron chi connectivity index (χ4n) is 1.53. The third kappa shape index (κ3) is 4.05. The summed E-state index contributed by atoms with van der Waals surface area (Å²) in [5.74, 6) is -1.98. The van der Waals surface area contributed by atoms with Crippen LogP contribution in [0.3, 0.4) is 0 Å². The van der Waals surface area contributed by atoms with Crippen molar-refractivity contribution in [1.29, 1.82) is 0 Å². The Morgan fingerprint density at radius 3 is 2.16 bits per heavy atom. The summed E-state index contributed by atoms with van der Waals surface area (Å²) in [6.45, 7) is 5.00. The van der Waals surface area contributed by atoms with Crippen molar-refractivity contribution in [3.63, 3.8) is 0 Å². The SMILES string of the molecule is CC(C)(C)c1ccc(C(=O)NC(CF)C(=O)O)cc1. The van der Waals surface area contributed by atoms with Crippen molar-refractivity contribution in [3.05, 3.63) is 35.4 Å². The molecule has 0 fully saturated rings. The van der Waals surface area contributed by atoms with E-state index in [2.05, 4.69) is 5.32 Å². The molecule has 1 rings (SSSR count). The molecule has 5 heteroatoms. The summed E-state index contributed by atoms with van der Waals surface area (Å²) in [5, 5.41) is 10.8. The molecule has 1 unspecified atom stereocenters. The number of hydrogen-bond donors (Lipinski definition) is 2. The van der Waals surface area contributed by atoms with Gasteiger partial charge in [0.25, 0.3) is 5.91 Å². The van der Waals surface area contributed by atoms with Crippen LogP contribution in [0.2, 0.25) is 0 Å². The first-order valence-corrected chi connectivity index (χ1v) is 5.96. The standard InChI is InChI=1S/C14H18FNO3/c1-14(2,3)10-6-4-9(5-7-10)12(17)16-11(8-15)13(18)19/h4-7,11H,8H2,1-3H3,(H,16,17)(H,18,19). The van der Waals surface area contributed by atoms with Crippen molar-refractivity contribution in [2.45, 2.75) is 32.2 Å². The summed E-state index contributed by atoms with van der Waals surface area (Å²) in [4.78, 5) is 22.4. The van der Waals surface area contributed by atoms with Crippen LogP contribution in [0.5, 0.6) is 0 Å². The number of nitrogens with one attached hydrogen (secondary N) is 1. The molecule has 4 nitrogen and oxygen atoms in total. The van der Waals surface area contributed by atoms with E-state index in [1.807, 2.05) is 20.8 Å². The molecule has 0 saturated heterocycles. The highest BCUT2D eigenvalue weighted by Crippen LogP contribution is 2.22. The molecule has 0 saturated carbocycles. The molecule has 0 radical (unpaired) electrons. The number of benzene rings is 1. The van der Waals surface area contributed by atoms with Crippen molar-refractivity contribution in [3.8, 4) is 0 Å². The molecule has 0 bridgehead atoms. The van der Waals surface area contributed by atoms with Crippen molar-refractivity contribution >= 4 is 11.9 Å². The topological polar surface area (TPSA) is 66.4 Å². The van der Waals surface area contributed by atoms with Gasteiger partial charge < -0.3 is 10.4 Å². The van der Waals surface area contributed by atoms with E-state index >= 15 is 0 Å². The molecule has 0 spiro atoms. The van der Waals surface area contributed by atoms with Crippen LogP contribution in [0.4, 0.5) is 4.39 Å². The minimum Gasteiger partial charge on any atom is -0.480 e. The average Bonchev–Trinajstić information content (AvgIpc) is 2.34. The summed E-state index contributed by atoms with van der Waals surface area (Å²) in [7, 11) is 0. The summed E-state index contributed by atoms with van der Waals surface area (Å²) in [5.41, 5.74) is 1.34. The predicted molar refractivity (Wildman–Crippen MR) is 70.0 cm³/mol. The van der Waals surface area contributed by atoms with Crippen LogP contribution in [0.15, 0.2) is 24.3 Å². The van der Waals surface area contributed by atoms with Gasteiger partial charge in [-0.05, 0) is 23.1 Å². The lowest BCUT2D eigenvalue weighted by molar-refractivity contribution is -0.139. The zero-order valence-electron chi connectivity index (χ0n) is 11.2. The fraction of sp³-hybridized carbons (Fsp3) is 0.429. The van der Waals surface area contributed by atoms with Crippen LogP contribution >= 0.6 is 0 Å². The lowest BCUT2D eigenvalue weighted by Crippen LogP contribution is -2.42. The Labute approximate surface area is 111 Å². The van der Waals surface area contributed by atoms with Gasteiger partial charge in [0.1, 0.15) is 6.67 Å². The lowest BCUT2D eigenvalue weighted by Gasteiger charge is -2.19. The van der Waals surface area contributed by atoms with E-state index in [9.17, 15) is 14.0 Å². The average molecular weight is 267 g/mol. The van der Waals surface area contributed by atoms with Gasteiger partial charge in [-0.25, -0.2) is 9.18 Å². The number of halogens is 1. The van der Waals surface area contributed by atoms with E-state index < -0.39 is 24.6 Å². The van der Waals surface area contributed by atoms with Gasteiger partial charge in [-0.3, -0.25) is 4.79 Å². The van der Waals surface area contributed by atoms with Crippen LogP contribution < -0.4 is 5.32 Å². The molecule has 1 atom stereocenters. The Morgan fingerprint density at radius 2 is 1.79 bits per heavy atom. The monoisotopic (exact) mass is 267 g/mol. The summed E-state index contributed by atoms with van der Waals surface area (Å²) >= 11 is 0. The number of carbonyl (C=O) groups excluding carboxylic acids is 1. The van der Waals surface area contributed by atoms with Crippen LogP contribution in [0, 0.1) is 0 Å². The first-order chi connectivity index (χ1) is 8.75. The second-order valence-electron chi connectivity index (χ2n) is 5.35. The summed E-state index contributed by atoms with van der Waals surface area (Å²) in [6.07, 6.45) is 0. The third-order valence-electron chi connectivity index (χ3n) is 2.77. The molecule has 1 amide bonds. The minimum absolute atomic E-state index is 0.0302. The Hall–Kier alpha value is -1.91. The molecule has 2 N–H and O–H groups in total. The number of carbonyl (C=O) groups is 2. The smallest absolute Gasteiger partial charge is 0.328 e. The van der Waals surface area contributed by atoms with Gasteiger partial charge in [0.05, 0.1) is 0 Å². The number of rotatable bonds is 4. The van der Waals surface area contributed by atoms with Crippen LogP contribution in [-0.4, -0.2) is 29.7 Å². The van der Waals surface area contributed by atoms with Crippen molar-refractivity contribution in [2.75, 3.05) is 6.67 Å². The highest BCUT2D eigenvalue weighted by Gasteiger charge is 2.20. The number of alkyl halides is 1. The first-order valence-electron chi connectivity index (χ1n) is 5.96. The molecule has 19 heavy (non-hydrogen) atoms. The zero-order valence-corrected chi connectivity index (χ0v) is 11.2. The van der Waals surface area contributed by atoms with Crippen molar-refractivity contribution < 1.29 is 19.1 Å². The second-order valence-corrected chi connectivity index (χ2v) is 5.35. The summed E-state index contributed by atoms with van der Waals surface area (Å²) < 4.78 is 12.4. The lowest BCUT2D eigenvalue weighted by atomic mass is 9.86. The quantitative estimate of drug-likeness (QED) is 0.878. The number of carboxylic acid groups (broad SMARTS) is 1. The van der Waals surface area contributed by atoms with E-state index in [0.29, 0.717) is 5.56 Å². The maximum Gasteiger partial charge on any atom is 0.328 e. The number of hydrogen-bond acceptors (Lipinski definition) is 2. The highest BCUT2D eigenvalue weighted by atomic mass is 19.1. The molecular weight excluding hydrogens is 249 g/mol. The van der Waals surface area contributed by atoms with Gasteiger partial charge in [0.15, 0.2) is 6.04 Å². The molecule has 0 heterocycles. The molecule has 1 aromatic carbocycles. The van der Waals surface area contributed by atoms with Gasteiger partial charge in [-0.15, -0.1) is 0 Å². The maximum absolute atomic E-state index is 12.4. The van der Waals surface area contributed by atoms with Gasteiger partial charge in [0, 0.05) is 5.56 Å². The molecule has 0 aromatic heterocycles. The normalized spacial score (nSPS) is 12.8. The van der Waals surface area contributed by atoms with Crippen LogP contribution in [0.25, 0.3) is 0 Å². The largest absolute Gasteiger partial charge is 0.480 e. The first kappa shape index (κ1) is 15.1. The van der Waals surface area contributed by atoms with Crippen molar-refractivity contribution in [2.24, 2.45) is 0 Å². The molecular formula is C14H18FNO3. The molecule has 0 aliphatic carbocycles. The molecule has 0 aliphatic heterocycles. The van der Waals surface area contributed by atoms with E-state index in [1.54, 1.807) is 24.3 Å². The number of amides is 1. The Morgan fingerprint density at radius 1 is 1.26 bits per heavy atom. The minimum atomic E-state index is -1.50. The van der Waals surface area contributed by atoms with Crippen molar-refractivity contribution in [1.82, 2.24) is 5.32 Å². The zero-order chi connectivity index (χ0) is 14.6. The number of aliphatic carboxylic acids is 1. The fourth-order valence-corrected chi connectivity index (χ4v) is 1.53. The Bertz CT molecular complexity index is 463. The Balaban J connectivity index is 2.81. The van der Waals surface area contributed by atoms with Gasteiger partial charge in [0.2, 0.25) is 0 Å². The van der Waals surface area contributed by atoms with Crippen LogP contribution in [0.1, 0.15) is 36.7 Å². The highest BCUT2D eigenvalue weighted by molar-refractivity contribution is 5.96. The van der Waals surface area contributed by atoms with E-state index in [1.165, 1.54) is 0 Å². The predicted octanol–water partition coefficient (Wildman–Crippen LogP) is 2.14. The van der Waals surface area contributed by atoms with Gasteiger partial charge >= 0.3 is 5.97 Å². The Kier molecular flexibility index (Phi) is 4.64. The van der Waals surface area contributed by atoms with Gasteiger partial charge in [-0.1, -0.05) is 32.9 Å². The molecule has 0 aliphatic rings. The van der Waals surface area contributed by atoms with E-state index in [0.717, 1.165) is 5.56 Å². The molecule has 104 valence electrons. The second kappa shape index (κ2) is 5.82. The van der Waals surface area contributed by atoms with Gasteiger partial charge in [-0.2, -0.15) is 0 Å². The third-order valence-corrected chi connectivity index (χ3v) is 2.77. The van der Waals surface area contributed by atoms with E-state index in [-0.39, 0.29) is 5.41 Å². The van der Waals surface area contributed by atoms with E-state index in [4.69, 9.17) is 5.11 Å². The summed E-state index contributed by atoms with van der Waals surface area (Å²) in [6, 6.07) is 5.32.